The first-order valence-corrected chi connectivity index (χ1v) is 4.67. The molecule has 2 saturated heterocycles. The van der Waals surface area contributed by atoms with Crippen molar-refractivity contribution in [3.8, 4) is 0 Å². The first-order chi connectivity index (χ1) is 5.97. The molecular formula is C9H16FNO2. The van der Waals surface area contributed by atoms with Gasteiger partial charge in [-0.2, -0.15) is 0 Å². The van der Waals surface area contributed by atoms with E-state index in [1.54, 1.807) is 0 Å². The highest BCUT2D eigenvalue weighted by Crippen LogP contribution is 2.40. The summed E-state index contributed by atoms with van der Waals surface area (Å²) in [6, 6.07) is 0.146. The number of aliphatic hydroxyl groups is 1. The van der Waals surface area contributed by atoms with Crippen molar-refractivity contribution in [2.45, 2.75) is 37.7 Å². The lowest BCUT2D eigenvalue weighted by Crippen LogP contribution is -2.43. The van der Waals surface area contributed by atoms with Crippen molar-refractivity contribution in [2.75, 3.05) is 19.8 Å². The molecule has 0 aromatic rings. The second-order valence-corrected chi connectivity index (χ2v) is 4.55. The third-order valence-electron chi connectivity index (χ3n) is 3.10. The van der Waals surface area contributed by atoms with E-state index in [0.29, 0.717) is 19.6 Å². The van der Waals surface area contributed by atoms with E-state index in [0.717, 1.165) is 0 Å². The van der Waals surface area contributed by atoms with Gasteiger partial charge in [-0.1, -0.05) is 0 Å². The molecule has 13 heavy (non-hydrogen) atoms. The predicted octanol–water partition coefficient (Wildman–Crippen LogP) is 0.528. The largest absolute Gasteiger partial charge is 0.393 e. The molecule has 2 rings (SSSR count). The zero-order chi connectivity index (χ0) is 9.69. The van der Waals surface area contributed by atoms with E-state index in [4.69, 9.17) is 9.84 Å². The number of ether oxygens (including phenoxy) is 1. The summed E-state index contributed by atoms with van der Waals surface area (Å²) in [6.45, 7) is 4.38. The number of rotatable bonds is 1. The van der Waals surface area contributed by atoms with Crippen LogP contribution < -0.4 is 0 Å². The maximum absolute atomic E-state index is 13.8. The van der Waals surface area contributed by atoms with Crippen molar-refractivity contribution in [2.24, 2.45) is 0 Å². The van der Waals surface area contributed by atoms with Gasteiger partial charge in [0.2, 0.25) is 0 Å². The second-order valence-electron chi connectivity index (χ2n) is 4.55. The van der Waals surface area contributed by atoms with Gasteiger partial charge in [0.15, 0.2) is 0 Å². The minimum Gasteiger partial charge on any atom is -0.393 e. The molecule has 2 aliphatic rings. The van der Waals surface area contributed by atoms with Crippen molar-refractivity contribution in [3.05, 3.63) is 0 Å². The minimum atomic E-state index is -1.41. The molecule has 2 aliphatic heterocycles. The zero-order valence-corrected chi connectivity index (χ0v) is 8.09. The topological polar surface area (TPSA) is 32.7 Å². The van der Waals surface area contributed by atoms with Crippen molar-refractivity contribution < 1.29 is 14.2 Å². The quantitative estimate of drug-likeness (QED) is 0.653. The number of hydrogen-bond donors (Lipinski definition) is 1. The molecule has 0 aromatic heterocycles. The molecule has 4 heteroatoms. The smallest absolute Gasteiger partial charge is 0.148 e. The summed E-state index contributed by atoms with van der Waals surface area (Å²) in [6.07, 6.45) is 0.396. The average molecular weight is 189 g/mol. The maximum atomic E-state index is 13.8. The summed E-state index contributed by atoms with van der Waals surface area (Å²) in [7, 11) is 0. The van der Waals surface area contributed by atoms with Crippen molar-refractivity contribution in [3.63, 3.8) is 0 Å². The maximum Gasteiger partial charge on any atom is 0.148 e. The number of alkyl halides is 1. The molecule has 1 N–H and O–H groups in total. The fourth-order valence-electron chi connectivity index (χ4n) is 2.31. The van der Waals surface area contributed by atoms with Crippen LogP contribution in [0.4, 0.5) is 4.39 Å². The lowest BCUT2D eigenvalue weighted by atomic mass is 10.0. The van der Waals surface area contributed by atoms with Crippen LogP contribution in [0.15, 0.2) is 0 Å². The zero-order valence-electron chi connectivity index (χ0n) is 8.09. The number of nitrogens with zero attached hydrogens (tertiary/aromatic N) is 1. The fourth-order valence-corrected chi connectivity index (χ4v) is 2.31. The molecule has 2 heterocycles. The Morgan fingerprint density at radius 2 is 2.31 bits per heavy atom. The highest BCUT2D eigenvalue weighted by atomic mass is 19.1. The molecule has 3 nitrogen and oxygen atoms in total. The summed E-state index contributed by atoms with van der Waals surface area (Å²) in [5.74, 6) is 0. The van der Waals surface area contributed by atoms with Gasteiger partial charge < -0.3 is 9.84 Å². The molecule has 2 fully saturated rings. The van der Waals surface area contributed by atoms with Crippen LogP contribution in [0.2, 0.25) is 0 Å². The van der Waals surface area contributed by atoms with Crippen LogP contribution in [-0.2, 0) is 4.74 Å². The lowest BCUT2D eigenvalue weighted by molar-refractivity contribution is -0.0637. The molecule has 0 bridgehead atoms. The van der Waals surface area contributed by atoms with E-state index in [2.05, 4.69) is 0 Å². The molecule has 0 spiro atoms. The van der Waals surface area contributed by atoms with Crippen LogP contribution in [0.25, 0.3) is 0 Å². The number of aliphatic hydroxyl groups excluding tert-OH is 1. The van der Waals surface area contributed by atoms with E-state index in [-0.39, 0.29) is 18.4 Å². The van der Waals surface area contributed by atoms with Gasteiger partial charge in [0.05, 0.1) is 13.2 Å². The number of hydrogen-bond acceptors (Lipinski definition) is 3. The second kappa shape index (κ2) is 2.65. The minimum absolute atomic E-state index is 0.146. The van der Waals surface area contributed by atoms with Gasteiger partial charge in [0, 0.05) is 19.0 Å². The SMILES string of the molecule is CC1(C)OC[C@@H]2C[C@@](F)(CO)CN21. The molecule has 76 valence electrons. The van der Waals surface area contributed by atoms with Gasteiger partial charge in [-0.3, -0.25) is 4.90 Å². The van der Waals surface area contributed by atoms with E-state index in [1.165, 1.54) is 0 Å². The van der Waals surface area contributed by atoms with Gasteiger partial charge >= 0.3 is 0 Å². The molecule has 0 unspecified atom stereocenters. The van der Waals surface area contributed by atoms with Crippen LogP contribution >= 0.6 is 0 Å². The first-order valence-electron chi connectivity index (χ1n) is 4.67. The highest BCUT2D eigenvalue weighted by Gasteiger charge is 2.53. The monoisotopic (exact) mass is 189 g/mol. The van der Waals surface area contributed by atoms with Crippen LogP contribution in [0.5, 0.6) is 0 Å². The van der Waals surface area contributed by atoms with Gasteiger partial charge in [0.1, 0.15) is 11.4 Å². The lowest BCUT2D eigenvalue weighted by Gasteiger charge is -2.30. The Balaban J connectivity index is 2.14. The van der Waals surface area contributed by atoms with Gasteiger partial charge in [-0.05, 0) is 13.8 Å². The van der Waals surface area contributed by atoms with Crippen molar-refractivity contribution >= 4 is 0 Å². The van der Waals surface area contributed by atoms with Crippen LogP contribution in [-0.4, -0.2) is 47.2 Å². The Hall–Kier alpha value is -0.190. The van der Waals surface area contributed by atoms with Crippen molar-refractivity contribution in [1.82, 2.24) is 4.90 Å². The Morgan fingerprint density at radius 1 is 1.62 bits per heavy atom. The molecule has 0 aliphatic carbocycles. The number of halogens is 1. The molecule has 0 aromatic carbocycles. The molecule has 0 amide bonds. The Bertz CT molecular complexity index is 222. The Labute approximate surface area is 77.5 Å². The fraction of sp³-hybridized carbons (Fsp3) is 1.00. The van der Waals surface area contributed by atoms with Gasteiger partial charge in [0.25, 0.3) is 0 Å². The first kappa shape index (κ1) is 9.37. The molecule has 2 atom stereocenters. The average Bonchev–Trinajstić information content (AvgIpc) is 2.52. The van der Waals surface area contributed by atoms with E-state index >= 15 is 0 Å². The molecule has 0 saturated carbocycles. The summed E-state index contributed by atoms with van der Waals surface area (Å²) in [5.41, 5.74) is -1.78. The van der Waals surface area contributed by atoms with Crippen molar-refractivity contribution in [1.29, 1.82) is 0 Å². The Morgan fingerprint density at radius 3 is 2.85 bits per heavy atom. The predicted molar refractivity (Wildman–Crippen MR) is 46.1 cm³/mol. The highest BCUT2D eigenvalue weighted by molar-refractivity contribution is 5.02. The van der Waals surface area contributed by atoms with Crippen LogP contribution in [0.1, 0.15) is 20.3 Å². The Kier molecular flexibility index (Phi) is 1.91. The summed E-state index contributed by atoms with van der Waals surface area (Å²) >= 11 is 0. The number of fused-ring (bicyclic) bond motifs is 1. The molecular weight excluding hydrogens is 173 g/mol. The summed E-state index contributed by atoms with van der Waals surface area (Å²) in [5, 5.41) is 8.91. The van der Waals surface area contributed by atoms with Gasteiger partial charge in [-0.15, -0.1) is 0 Å². The third kappa shape index (κ3) is 1.37. The van der Waals surface area contributed by atoms with E-state index < -0.39 is 5.67 Å². The van der Waals surface area contributed by atoms with E-state index in [9.17, 15) is 4.39 Å². The third-order valence-corrected chi connectivity index (χ3v) is 3.10. The standard InChI is InChI=1S/C9H16FNO2/c1-8(2)11-5-9(10,6-12)3-7(11)4-13-8/h7,12H,3-6H2,1-2H3/t7-,9-/m0/s1. The normalized spacial score (nSPS) is 43.8. The summed E-state index contributed by atoms with van der Waals surface area (Å²) < 4.78 is 19.3. The molecule has 0 radical (unpaired) electrons. The van der Waals surface area contributed by atoms with Crippen LogP contribution in [0.3, 0.4) is 0 Å². The van der Waals surface area contributed by atoms with Crippen LogP contribution in [0, 0.1) is 0 Å². The van der Waals surface area contributed by atoms with E-state index in [1.807, 2.05) is 18.7 Å². The summed E-state index contributed by atoms with van der Waals surface area (Å²) in [4.78, 5) is 2.00. The van der Waals surface area contributed by atoms with Gasteiger partial charge in [-0.25, -0.2) is 4.39 Å².